The summed E-state index contributed by atoms with van der Waals surface area (Å²) in [4.78, 5) is 12.9. The Labute approximate surface area is 73.6 Å². The maximum Gasteiger partial charge on any atom is 0.133 e. The van der Waals surface area contributed by atoms with Crippen molar-refractivity contribution in [3.63, 3.8) is 0 Å². The molecule has 2 nitrogen and oxygen atoms in total. The first-order valence-electron chi connectivity index (χ1n) is 4.32. The zero-order valence-electron chi connectivity index (χ0n) is 7.33. The highest BCUT2D eigenvalue weighted by Gasteiger charge is 2.20. The first-order chi connectivity index (χ1) is 5.77. The minimum absolute atomic E-state index is 0.388. The molecule has 0 aromatic rings. The van der Waals surface area contributed by atoms with E-state index in [-0.39, 0.29) is 0 Å². The molecule has 1 rings (SSSR count). The largest absolute Gasteiger partial charge is 0.352 e. The Morgan fingerprint density at radius 2 is 1.75 bits per heavy atom. The minimum atomic E-state index is 0.388. The van der Waals surface area contributed by atoms with Crippen LogP contribution in [-0.4, -0.2) is 16.7 Å². The van der Waals surface area contributed by atoms with Crippen LogP contribution in [0.15, 0.2) is 25.6 Å². The lowest BCUT2D eigenvalue weighted by atomic mass is 9.93. The smallest absolute Gasteiger partial charge is 0.133 e. The van der Waals surface area contributed by atoms with Crippen molar-refractivity contribution in [3.05, 3.63) is 25.6 Å². The summed E-state index contributed by atoms with van der Waals surface area (Å²) < 4.78 is 0. The van der Waals surface area contributed by atoms with Crippen molar-refractivity contribution in [1.29, 1.82) is 0 Å². The van der Waals surface area contributed by atoms with Gasteiger partial charge in [0.25, 0.3) is 0 Å². The lowest BCUT2D eigenvalue weighted by Gasteiger charge is -2.29. The molecule has 1 aliphatic carbocycles. The molecule has 1 fully saturated rings. The van der Waals surface area contributed by atoms with Crippen molar-refractivity contribution in [2.75, 3.05) is 0 Å². The maximum atomic E-state index is 10.9. The quantitative estimate of drug-likeness (QED) is 0.638. The van der Waals surface area contributed by atoms with Crippen LogP contribution in [0.2, 0.25) is 0 Å². The predicted molar refractivity (Wildman–Crippen MR) is 49.5 cm³/mol. The molecule has 0 unspecified atom stereocenters. The third-order valence-electron chi connectivity index (χ3n) is 2.36. The standard InChI is InChI=1S/C10H15NO/c1-3-11(4-2)9-5-7-10(12)8-6-9/h3-4,9H,1-2,5-8H2. The second-order valence-electron chi connectivity index (χ2n) is 3.08. The van der Waals surface area contributed by atoms with Gasteiger partial charge in [-0.1, -0.05) is 13.2 Å². The highest BCUT2D eigenvalue weighted by atomic mass is 16.1. The number of carbonyl (C=O) groups is 1. The molecule has 0 heterocycles. The summed E-state index contributed by atoms with van der Waals surface area (Å²) in [5.74, 6) is 0.388. The molecule has 0 saturated heterocycles. The monoisotopic (exact) mass is 165 g/mol. The van der Waals surface area contributed by atoms with E-state index in [4.69, 9.17) is 0 Å². The van der Waals surface area contributed by atoms with E-state index in [1.54, 1.807) is 12.4 Å². The number of Topliss-reactive ketones (excluding diaryl/α,β-unsaturated/α-hetero) is 1. The zero-order valence-corrected chi connectivity index (χ0v) is 7.33. The van der Waals surface area contributed by atoms with Crippen molar-refractivity contribution >= 4 is 5.78 Å². The maximum absolute atomic E-state index is 10.9. The fourth-order valence-corrected chi connectivity index (χ4v) is 1.60. The van der Waals surface area contributed by atoms with Gasteiger partial charge in [0.1, 0.15) is 5.78 Å². The summed E-state index contributed by atoms with van der Waals surface area (Å²) in [6, 6.07) is 0.442. The van der Waals surface area contributed by atoms with Gasteiger partial charge in [-0.05, 0) is 25.2 Å². The molecule has 0 spiro atoms. The van der Waals surface area contributed by atoms with Crippen LogP contribution in [0.3, 0.4) is 0 Å². The topological polar surface area (TPSA) is 20.3 Å². The second kappa shape index (κ2) is 4.10. The average Bonchev–Trinajstić information content (AvgIpc) is 2.10. The molecule has 0 N–H and O–H groups in total. The summed E-state index contributed by atoms with van der Waals surface area (Å²) in [5.41, 5.74) is 0. The van der Waals surface area contributed by atoms with Crippen LogP contribution in [0.1, 0.15) is 25.7 Å². The lowest BCUT2D eigenvalue weighted by molar-refractivity contribution is -0.120. The van der Waals surface area contributed by atoms with E-state index in [1.165, 1.54) is 0 Å². The summed E-state index contributed by atoms with van der Waals surface area (Å²) >= 11 is 0. The van der Waals surface area contributed by atoms with Gasteiger partial charge in [-0.3, -0.25) is 4.79 Å². The van der Waals surface area contributed by atoms with Crippen LogP contribution in [-0.2, 0) is 4.79 Å². The SMILES string of the molecule is C=CN(C=C)C1CCC(=O)CC1. The molecule has 0 aromatic carbocycles. The second-order valence-corrected chi connectivity index (χ2v) is 3.08. The van der Waals surface area contributed by atoms with Gasteiger partial charge in [0.2, 0.25) is 0 Å². The molecule has 0 bridgehead atoms. The number of hydrogen-bond acceptors (Lipinski definition) is 2. The van der Waals surface area contributed by atoms with Crippen molar-refractivity contribution in [2.24, 2.45) is 0 Å². The fraction of sp³-hybridized carbons (Fsp3) is 0.500. The van der Waals surface area contributed by atoms with Crippen LogP contribution in [0, 0.1) is 0 Å². The Bertz CT molecular complexity index is 180. The number of carbonyl (C=O) groups excluding carboxylic acids is 1. The van der Waals surface area contributed by atoms with Crippen LogP contribution < -0.4 is 0 Å². The van der Waals surface area contributed by atoms with E-state index in [0.717, 1.165) is 12.8 Å². The summed E-state index contributed by atoms with van der Waals surface area (Å²) in [5, 5.41) is 0. The molecule has 0 amide bonds. The first kappa shape index (κ1) is 9.04. The Morgan fingerprint density at radius 3 is 2.17 bits per heavy atom. The van der Waals surface area contributed by atoms with Gasteiger partial charge in [0.05, 0.1) is 0 Å². The Hall–Kier alpha value is -1.05. The Morgan fingerprint density at radius 1 is 1.25 bits per heavy atom. The lowest BCUT2D eigenvalue weighted by Crippen LogP contribution is -2.30. The van der Waals surface area contributed by atoms with Gasteiger partial charge >= 0.3 is 0 Å². The van der Waals surface area contributed by atoms with Crippen molar-refractivity contribution in [3.8, 4) is 0 Å². The Balaban J connectivity index is 2.47. The molecule has 0 aliphatic heterocycles. The molecule has 66 valence electrons. The summed E-state index contributed by atoms with van der Waals surface area (Å²) in [7, 11) is 0. The van der Waals surface area contributed by atoms with Gasteiger partial charge < -0.3 is 4.90 Å². The van der Waals surface area contributed by atoms with Gasteiger partial charge in [0.15, 0.2) is 0 Å². The van der Waals surface area contributed by atoms with Crippen LogP contribution >= 0.6 is 0 Å². The van der Waals surface area contributed by atoms with Crippen molar-refractivity contribution < 1.29 is 4.79 Å². The minimum Gasteiger partial charge on any atom is -0.352 e. The third-order valence-corrected chi connectivity index (χ3v) is 2.36. The van der Waals surface area contributed by atoms with E-state index in [0.29, 0.717) is 24.7 Å². The first-order valence-corrected chi connectivity index (χ1v) is 4.32. The fourth-order valence-electron chi connectivity index (χ4n) is 1.60. The third kappa shape index (κ3) is 1.97. The van der Waals surface area contributed by atoms with E-state index >= 15 is 0 Å². The molecule has 0 aromatic heterocycles. The number of hydrogen-bond donors (Lipinski definition) is 0. The van der Waals surface area contributed by atoms with Gasteiger partial charge in [-0.2, -0.15) is 0 Å². The molecule has 1 saturated carbocycles. The van der Waals surface area contributed by atoms with Gasteiger partial charge in [-0.25, -0.2) is 0 Å². The van der Waals surface area contributed by atoms with Crippen LogP contribution in [0.4, 0.5) is 0 Å². The molecule has 2 heteroatoms. The van der Waals surface area contributed by atoms with Crippen LogP contribution in [0.25, 0.3) is 0 Å². The Kier molecular flexibility index (Phi) is 3.09. The van der Waals surface area contributed by atoms with Gasteiger partial charge in [0, 0.05) is 18.9 Å². The summed E-state index contributed by atoms with van der Waals surface area (Å²) in [6.07, 6.45) is 6.85. The van der Waals surface area contributed by atoms with E-state index in [9.17, 15) is 4.79 Å². The summed E-state index contributed by atoms with van der Waals surface area (Å²) in [6.45, 7) is 7.39. The molecule has 12 heavy (non-hydrogen) atoms. The zero-order chi connectivity index (χ0) is 8.97. The van der Waals surface area contributed by atoms with Gasteiger partial charge in [-0.15, -0.1) is 0 Å². The van der Waals surface area contributed by atoms with E-state index < -0.39 is 0 Å². The van der Waals surface area contributed by atoms with E-state index in [1.807, 2.05) is 4.90 Å². The molecular weight excluding hydrogens is 150 g/mol. The molecule has 1 aliphatic rings. The number of ketones is 1. The van der Waals surface area contributed by atoms with E-state index in [2.05, 4.69) is 13.2 Å². The molecule has 0 atom stereocenters. The molecular formula is C10H15NO. The molecule has 0 radical (unpaired) electrons. The average molecular weight is 165 g/mol. The normalized spacial score (nSPS) is 18.8. The number of rotatable bonds is 3. The van der Waals surface area contributed by atoms with Crippen LogP contribution in [0.5, 0.6) is 0 Å². The van der Waals surface area contributed by atoms with Crippen molar-refractivity contribution in [2.45, 2.75) is 31.7 Å². The number of nitrogens with zero attached hydrogens (tertiary/aromatic N) is 1. The highest BCUT2D eigenvalue weighted by molar-refractivity contribution is 5.79. The predicted octanol–water partition coefficient (Wildman–Crippen LogP) is 2.09. The highest BCUT2D eigenvalue weighted by Crippen LogP contribution is 2.20. The van der Waals surface area contributed by atoms with Crippen molar-refractivity contribution in [1.82, 2.24) is 4.90 Å².